The molecule has 0 aliphatic rings. The second-order valence-corrected chi connectivity index (χ2v) is 4.81. The lowest BCUT2D eigenvalue weighted by atomic mass is 10.1. The first-order valence-corrected chi connectivity index (χ1v) is 6.76. The summed E-state index contributed by atoms with van der Waals surface area (Å²) in [7, 11) is 0. The first-order chi connectivity index (χ1) is 9.06. The standard InChI is InChI=1S/C13H13Cl3N2O/c1-2-3-12(18-9-11(15)8-17-18)5-4-10(7-14)6-13(16)19/h2-3,5,7-9H,4,6H2,1H3/b3-2-,10-7-,12-5?. The molecule has 0 aliphatic carbocycles. The molecule has 1 heterocycles. The zero-order valence-electron chi connectivity index (χ0n) is 10.3. The minimum atomic E-state index is -0.435. The Bertz CT molecular complexity index is 530. The summed E-state index contributed by atoms with van der Waals surface area (Å²) in [5.74, 6) is 0. The van der Waals surface area contributed by atoms with Crippen molar-refractivity contribution in [1.82, 2.24) is 9.78 Å². The number of rotatable bonds is 6. The van der Waals surface area contributed by atoms with E-state index in [1.807, 2.05) is 25.2 Å². The van der Waals surface area contributed by atoms with Gasteiger partial charge in [-0.05, 0) is 36.6 Å². The molecule has 3 nitrogen and oxygen atoms in total. The van der Waals surface area contributed by atoms with Crippen LogP contribution in [0.1, 0.15) is 19.8 Å². The second kappa shape index (κ2) is 8.20. The zero-order valence-corrected chi connectivity index (χ0v) is 12.6. The molecule has 0 fully saturated rings. The quantitative estimate of drug-likeness (QED) is 0.566. The van der Waals surface area contributed by atoms with Gasteiger partial charge < -0.3 is 0 Å². The Labute approximate surface area is 127 Å². The van der Waals surface area contributed by atoms with Crippen molar-refractivity contribution in [2.75, 3.05) is 0 Å². The summed E-state index contributed by atoms with van der Waals surface area (Å²) in [6, 6.07) is 0. The van der Waals surface area contributed by atoms with E-state index in [1.54, 1.807) is 17.1 Å². The molecule has 19 heavy (non-hydrogen) atoms. The summed E-state index contributed by atoms with van der Waals surface area (Å²) < 4.78 is 1.65. The van der Waals surface area contributed by atoms with E-state index in [9.17, 15) is 4.79 Å². The van der Waals surface area contributed by atoms with Gasteiger partial charge in [-0.3, -0.25) is 4.79 Å². The lowest BCUT2D eigenvalue weighted by Gasteiger charge is -2.04. The van der Waals surface area contributed by atoms with E-state index in [2.05, 4.69) is 5.10 Å². The van der Waals surface area contributed by atoms with Gasteiger partial charge in [0.2, 0.25) is 5.24 Å². The summed E-state index contributed by atoms with van der Waals surface area (Å²) in [5.41, 5.74) is 2.95. The van der Waals surface area contributed by atoms with Gasteiger partial charge in [0, 0.05) is 18.2 Å². The summed E-state index contributed by atoms with van der Waals surface area (Å²) in [6.07, 6.45) is 9.57. The number of hydrogen-bond acceptors (Lipinski definition) is 2. The Morgan fingerprint density at radius 2 is 2.26 bits per heavy atom. The van der Waals surface area contributed by atoms with Crippen molar-refractivity contribution >= 4 is 45.7 Å². The second-order valence-electron chi connectivity index (χ2n) is 3.74. The van der Waals surface area contributed by atoms with Crippen LogP contribution in [0.2, 0.25) is 5.02 Å². The molecule has 0 unspecified atom stereocenters. The average Bonchev–Trinajstić information content (AvgIpc) is 2.78. The Balaban J connectivity index is 2.88. The van der Waals surface area contributed by atoms with Crippen LogP contribution in [0.5, 0.6) is 0 Å². The molecule has 0 radical (unpaired) electrons. The highest BCUT2D eigenvalue weighted by atomic mass is 35.5. The van der Waals surface area contributed by atoms with E-state index in [0.29, 0.717) is 11.4 Å². The molecule has 6 heteroatoms. The largest absolute Gasteiger partial charge is 0.281 e. The Morgan fingerprint density at radius 3 is 2.74 bits per heavy atom. The molecule has 0 saturated heterocycles. The van der Waals surface area contributed by atoms with E-state index in [1.165, 1.54) is 5.54 Å². The van der Waals surface area contributed by atoms with Crippen molar-refractivity contribution in [2.45, 2.75) is 19.8 Å². The van der Waals surface area contributed by atoms with Crippen LogP contribution in [-0.2, 0) is 4.79 Å². The van der Waals surface area contributed by atoms with E-state index in [4.69, 9.17) is 34.8 Å². The van der Waals surface area contributed by atoms with Gasteiger partial charge in [-0.25, -0.2) is 4.68 Å². The van der Waals surface area contributed by atoms with Gasteiger partial charge in [0.15, 0.2) is 0 Å². The first-order valence-electron chi connectivity index (χ1n) is 5.56. The first kappa shape index (κ1) is 16.0. The fourth-order valence-corrected chi connectivity index (χ4v) is 1.89. The van der Waals surface area contributed by atoms with E-state index in [0.717, 1.165) is 11.3 Å². The number of carbonyl (C=O) groups excluding carboxylic acids is 1. The number of halogens is 3. The van der Waals surface area contributed by atoms with Crippen molar-refractivity contribution in [3.8, 4) is 0 Å². The van der Waals surface area contributed by atoms with Crippen LogP contribution in [0.3, 0.4) is 0 Å². The molecule has 0 saturated carbocycles. The SMILES string of the molecule is C/C=C\C(=CC/C(=C/Cl)CC(=O)Cl)n1cc(Cl)cn1. The van der Waals surface area contributed by atoms with E-state index in [-0.39, 0.29) is 6.42 Å². The maximum Gasteiger partial charge on any atom is 0.225 e. The molecule has 0 aliphatic heterocycles. The summed E-state index contributed by atoms with van der Waals surface area (Å²) in [6.45, 7) is 1.90. The van der Waals surface area contributed by atoms with Crippen LogP contribution >= 0.6 is 34.8 Å². The lowest BCUT2D eigenvalue weighted by molar-refractivity contribution is -0.111. The third-order valence-electron chi connectivity index (χ3n) is 2.25. The number of carbonyl (C=O) groups is 1. The summed E-state index contributed by atoms with van der Waals surface area (Å²) in [5, 5.41) is 4.24. The lowest BCUT2D eigenvalue weighted by Crippen LogP contribution is -1.96. The van der Waals surface area contributed by atoms with Crippen LogP contribution in [0.15, 0.2) is 41.7 Å². The van der Waals surface area contributed by atoms with E-state index < -0.39 is 5.24 Å². The van der Waals surface area contributed by atoms with Crippen molar-refractivity contribution in [1.29, 1.82) is 0 Å². The van der Waals surface area contributed by atoms with Gasteiger partial charge in [0.05, 0.1) is 16.9 Å². The van der Waals surface area contributed by atoms with Crippen LogP contribution in [0.4, 0.5) is 0 Å². The smallest absolute Gasteiger partial charge is 0.225 e. The molecule has 0 aromatic carbocycles. The summed E-state index contributed by atoms with van der Waals surface area (Å²) in [4.78, 5) is 10.9. The highest BCUT2D eigenvalue weighted by molar-refractivity contribution is 6.63. The Morgan fingerprint density at radius 1 is 1.53 bits per heavy atom. The zero-order chi connectivity index (χ0) is 14.3. The van der Waals surface area contributed by atoms with Crippen molar-refractivity contribution in [3.05, 3.63) is 46.8 Å². The van der Waals surface area contributed by atoms with Gasteiger partial charge in [-0.1, -0.05) is 35.4 Å². The average molecular weight is 320 g/mol. The number of aromatic nitrogens is 2. The van der Waals surface area contributed by atoms with Crippen molar-refractivity contribution < 1.29 is 4.79 Å². The Kier molecular flexibility index (Phi) is 6.92. The minimum absolute atomic E-state index is 0.130. The third kappa shape index (κ3) is 5.64. The molecule has 0 bridgehead atoms. The minimum Gasteiger partial charge on any atom is -0.281 e. The maximum absolute atomic E-state index is 10.9. The molecule has 0 amide bonds. The topological polar surface area (TPSA) is 34.9 Å². The van der Waals surface area contributed by atoms with Gasteiger partial charge in [-0.15, -0.1) is 0 Å². The number of nitrogens with zero attached hydrogens (tertiary/aromatic N) is 2. The van der Waals surface area contributed by atoms with Gasteiger partial charge in [0.25, 0.3) is 0 Å². The molecular formula is C13H13Cl3N2O. The summed E-state index contributed by atoms with van der Waals surface area (Å²) >= 11 is 16.8. The molecule has 102 valence electrons. The highest BCUT2D eigenvalue weighted by Gasteiger charge is 2.04. The molecule has 0 atom stereocenters. The third-order valence-corrected chi connectivity index (χ3v) is 2.88. The number of allylic oxidation sites excluding steroid dienone is 5. The fourth-order valence-electron chi connectivity index (χ4n) is 1.42. The molecule has 1 aromatic rings. The van der Waals surface area contributed by atoms with Crippen LogP contribution in [0.25, 0.3) is 5.70 Å². The van der Waals surface area contributed by atoms with Crippen LogP contribution in [0, 0.1) is 0 Å². The molecule has 0 N–H and O–H groups in total. The monoisotopic (exact) mass is 318 g/mol. The van der Waals surface area contributed by atoms with Crippen LogP contribution < -0.4 is 0 Å². The van der Waals surface area contributed by atoms with E-state index >= 15 is 0 Å². The van der Waals surface area contributed by atoms with Gasteiger partial charge in [-0.2, -0.15) is 5.10 Å². The number of hydrogen-bond donors (Lipinski definition) is 0. The normalized spacial score (nSPS) is 13.3. The fraction of sp³-hybridized carbons (Fsp3) is 0.231. The van der Waals surface area contributed by atoms with Crippen molar-refractivity contribution in [2.24, 2.45) is 0 Å². The maximum atomic E-state index is 10.9. The molecule has 0 spiro atoms. The Hall–Kier alpha value is -1.03. The van der Waals surface area contributed by atoms with Gasteiger partial charge in [0.1, 0.15) is 0 Å². The molecule has 1 rings (SSSR count). The van der Waals surface area contributed by atoms with Crippen LogP contribution in [-0.4, -0.2) is 15.0 Å². The predicted molar refractivity (Wildman–Crippen MR) is 80.4 cm³/mol. The predicted octanol–water partition coefficient (Wildman–Crippen LogP) is 4.62. The van der Waals surface area contributed by atoms with Crippen molar-refractivity contribution in [3.63, 3.8) is 0 Å². The highest BCUT2D eigenvalue weighted by Crippen LogP contribution is 2.17. The molecule has 1 aromatic heterocycles. The molecular weight excluding hydrogens is 307 g/mol. The van der Waals surface area contributed by atoms with Gasteiger partial charge >= 0.3 is 0 Å².